The number of ether oxygens (including phenoxy) is 1. The average molecular weight is 310 g/mol. The van der Waals surface area contributed by atoms with E-state index in [1.165, 1.54) is 0 Å². The summed E-state index contributed by atoms with van der Waals surface area (Å²) in [6, 6.07) is -0.158. The second kappa shape index (κ2) is 7.21. The Bertz CT molecular complexity index is 470. The zero-order valence-electron chi connectivity index (χ0n) is 13.4. The van der Waals surface area contributed by atoms with Gasteiger partial charge in [-0.15, -0.1) is 0 Å². The van der Waals surface area contributed by atoms with E-state index in [-0.39, 0.29) is 23.5 Å². The second-order valence-corrected chi connectivity index (χ2v) is 6.93. The highest BCUT2D eigenvalue weighted by atomic mass is 16.5. The summed E-state index contributed by atoms with van der Waals surface area (Å²) in [6.07, 6.45) is 2.87. The highest BCUT2D eigenvalue weighted by Crippen LogP contribution is 2.18. The Balaban J connectivity index is 1.71. The largest absolute Gasteiger partial charge is 0.389 e. The molecule has 1 aliphatic heterocycles. The van der Waals surface area contributed by atoms with E-state index in [4.69, 9.17) is 4.74 Å². The molecule has 0 bridgehead atoms. The first-order valence-corrected chi connectivity index (χ1v) is 7.63. The van der Waals surface area contributed by atoms with E-state index in [0.29, 0.717) is 26.1 Å². The van der Waals surface area contributed by atoms with Gasteiger partial charge in [-0.2, -0.15) is 0 Å². The van der Waals surface area contributed by atoms with Crippen molar-refractivity contribution in [3.8, 4) is 0 Å². The first kappa shape index (κ1) is 16.9. The third-order valence-corrected chi connectivity index (χ3v) is 3.56. The molecule has 0 radical (unpaired) electrons. The smallest absolute Gasteiger partial charge is 0.220 e. The summed E-state index contributed by atoms with van der Waals surface area (Å²) in [4.78, 5) is 18.9. The van der Waals surface area contributed by atoms with Crippen LogP contribution in [0.2, 0.25) is 0 Å². The lowest BCUT2D eigenvalue weighted by Crippen LogP contribution is -2.45. The van der Waals surface area contributed by atoms with Gasteiger partial charge in [-0.3, -0.25) is 4.79 Å². The highest BCUT2D eigenvalue weighted by Gasteiger charge is 2.35. The summed E-state index contributed by atoms with van der Waals surface area (Å²) in [5.41, 5.74) is -0.0492. The lowest BCUT2D eigenvalue weighted by molar-refractivity contribution is -0.123. The number of carbonyl (C=O) groups is 1. The molecule has 124 valence electrons. The molecular formula is C15H26N4O3. The van der Waals surface area contributed by atoms with Crippen molar-refractivity contribution < 1.29 is 14.6 Å². The van der Waals surface area contributed by atoms with Crippen LogP contribution in [0.25, 0.3) is 0 Å². The maximum Gasteiger partial charge on any atom is 0.220 e. The number of carbonyl (C=O) groups excluding carboxylic acids is 1. The Hall–Kier alpha value is -1.44. The molecule has 4 N–H and O–H groups in total. The van der Waals surface area contributed by atoms with Crippen molar-refractivity contribution in [1.82, 2.24) is 20.6 Å². The fraction of sp³-hybridized carbons (Fsp3) is 0.733. The number of rotatable bonds is 6. The van der Waals surface area contributed by atoms with Crippen LogP contribution in [0.15, 0.2) is 12.4 Å². The van der Waals surface area contributed by atoms with Crippen LogP contribution in [0, 0.1) is 5.41 Å². The summed E-state index contributed by atoms with van der Waals surface area (Å²) in [7, 11) is 0. The first-order chi connectivity index (χ1) is 10.3. The molecule has 1 saturated heterocycles. The van der Waals surface area contributed by atoms with Gasteiger partial charge >= 0.3 is 0 Å². The first-order valence-electron chi connectivity index (χ1n) is 7.63. The molecule has 0 aliphatic carbocycles. The number of nitrogens with one attached hydrogen (secondary N) is 3. The number of amides is 1. The predicted octanol–water partition coefficient (Wildman–Crippen LogP) is 0.180. The highest BCUT2D eigenvalue weighted by molar-refractivity contribution is 5.76. The van der Waals surface area contributed by atoms with E-state index < -0.39 is 6.10 Å². The minimum Gasteiger partial charge on any atom is -0.389 e. The molecule has 0 saturated carbocycles. The van der Waals surface area contributed by atoms with Crippen molar-refractivity contribution in [3.63, 3.8) is 0 Å². The standard InChI is InChI=1S/C15H26N4O3/c1-15(2,3)6-13(20)19-7-11-14(21)10(9-22-11)18-8-12-16-4-5-17-12/h4-5,10-11,14,18,21H,6-9H2,1-3H3,(H,16,17)(H,19,20)/t10-,11-,14+/m1/s1. The molecule has 2 rings (SSSR count). The average Bonchev–Trinajstić information content (AvgIpc) is 3.02. The van der Waals surface area contributed by atoms with Gasteiger partial charge in [0.1, 0.15) is 11.9 Å². The summed E-state index contributed by atoms with van der Waals surface area (Å²) in [5.74, 6) is 0.796. The topological polar surface area (TPSA) is 99.3 Å². The van der Waals surface area contributed by atoms with Gasteiger partial charge in [0.2, 0.25) is 5.91 Å². The van der Waals surface area contributed by atoms with Gasteiger partial charge in [0, 0.05) is 25.4 Å². The molecule has 1 amide bonds. The van der Waals surface area contributed by atoms with Crippen LogP contribution in [-0.2, 0) is 16.1 Å². The Labute approximate surface area is 130 Å². The number of hydrogen-bond acceptors (Lipinski definition) is 5. The van der Waals surface area contributed by atoms with E-state index in [2.05, 4.69) is 20.6 Å². The number of aromatic nitrogens is 2. The van der Waals surface area contributed by atoms with Crippen LogP contribution in [0.3, 0.4) is 0 Å². The van der Waals surface area contributed by atoms with Crippen molar-refractivity contribution >= 4 is 5.91 Å². The normalized spacial score (nSPS) is 25.4. The van der Waals surface area contributed by atoms with E-state index in [0.717, 1.165) is 5.82 Å². The molecule has 1 fully saturated rings. The van der Waals surface area contributed by atoms with Crippen molar-refractivity contribution in [1.29, 1.82) is 0 Å². The fourth-order valence-corrected chi connectivity index (χ4v) is 2.42. The number of nitrogens with zero attached hydrogens (tertiary/aromatic N) is 1. The molecule has 0 spiro atoms. The summed E-state index contributed by atoms with van der Waals surface area (Å²) < 4.78 is 5.57. The summed E-state index contributed by atoms with van der Waals surface area (Å²) in [5, 5.41) is 16.3. The fourth-order valence-electron chi connectivity index (χ4n) is 2.42. The molecule has 2 heterocycles. The van der Waals surface area contributed by atoms with Crippen LogP contribution >= 0.6 is 0 Å². The monoisotopic (exact) mass is 310 g/mol. The van der Waals surface area contributed by atoms with Crippen LogP contribution in [-0.4, -0.2) is 52.4 Å². The number of aliphatic hydroxyl groups excluding tert-OH is 1. The molecule has 0 unspecified atom stereocenters. The molecule has 7 heteroatoms. The van der Waals surface area contributed by atoms with Crippen LogP contribution in [0.1, 0.15) is 33.0 Å². The summed E-state index contributed by atoms with van der Waals surface area (Å²) >= 11 is 0. The molecule has 1 aliphatic rings. The Morgan fingerprint density at radius 3 is 2.95 bits per heavy atom. The SMILES string of the molecule is CC(C)(C)CC(=O)NC[C@H]1OC[C@@H](NCc2ncc[nH]2)[C@@H]1O. The molecule has 1 aromatic heterocycles. The van der Waals surface area contributed by atoms with E-state index in [1.54, 1.807) is 12.4 Å². The molecular weight excluding hydrogens is 284 g/mol. The third kappa shape index (κ3) is 5.08. The van der Waals surface area contributed by atoms with Gasteiger partial charge in [0.05, 0.1) is 25.3 Å². The van der Waals surface area contributed by atoms with Gasteiger partial charge in [0.25, 0.3) is 0 Å². The van der Waals surface area contributed by atoms with Gasteiger partial charge in [0.15, 0.2) is 0 Å². The van der Waals surface area contributed by atoms with Crippen LogP contribution in [0.5, 0.6) is 0 Å². The minimum atomic E-state index is -0.648. The van der Waals surface area contributed by atoms with Gasteiger partial charge < -0.3 is 25.5 Å². The lowest BCUT2D eigenvalue weighted by Gasteiger charge is -2.20. The van der Waals surface area contributed by atoms with Crippen molar-refractivity contribution in [2.24, 2.45) is 5.41 Å². The molecule has 1 aromatic rings. The Morgan fingerprint density at radius 2 is 2.32 bits per heavy atom. The molecule has 22 heavy (non-hydrogen) atoms. The molecule has 3 atom stereocenters. The van der Waals surface area contributed by atoms with Gasteiger partial charge in [-0.25, -0.2) is 4.98 Å². The van der Waals surface area contributed by atoms with Gasteiger partial charge in [-0.05, 0) is 5.41 Å². The van der Waals surface area contributed by atoms with Crippen molar-refractivity contribution in [2.45, 2.75) is 52.0 Å². The number of aliphatic hydroxyl groups is 1. The predicted molar refractivity (Wildman–Crippen MR) is 82.0 cm³/mol. The third-order valence-electron chi connectivity index (χ3n) is 3.56. The second-order valence-electron chi connectivity index (χ2n) is 6.93. The minimum absolute atomic E-state index is 0.0182. The van der Waals surface area contributed by atoms with Crippen molar-refractivity contribution in [2.75, 3.05) is 13.2 Å². The zero-order chi connectivity index (χ0) is 16.2. The zero-order valence-corrected chi connectivity index (χ0v) is 13.4. The van der Waals surface area contributed by atoms with Gasteiger partial charge in [-0.1, -0.05) is 20.8 Å². The Kier molecular flexibility index (Phi) is 5.55. The molecule has 7 nitrogen and oxygen atoms in total. The van der Waals surface area contributed by atoms with Crippen LogP contribution in [0.4, 0.5) is 0 Å². The summed E-state index contributed by atoms with van der Waals surface area (Å²) in [6.45, 7) is 7.34. The lowest BCUT2D eigenvalue weighted by atomic mass is 9.92. The van der Waals surface area contributed by atoms with E-state index >= 15 is 0 Å². The number of aromatic amines is 1. The molecule has 0 aromatic carbocycles. The van der Waals surface area contributed by atoms with Crippen LogP contribution < -0.4 is 10.6 Å². The maximum atomic E-state index is 11.8. The maximum absolute atomic E-state index is 11.8. The number of H-pyrrole nitrogens is 1. The number of hydrogen-bond donors (Lipinski definition) is 4. The quantitative estimate of drug-likeness (QED) is 0.601. The van der Waals surface area contributed by atoms with E-state index in [1.807, 2.05) is 20.8 Å². The van der Waals surface area contributed by atoms with E-state index in [9.17, 15) is 9.90 Å². The van der Waals surface area contributed by atoms with Crippen molar-refractivity contribution in [3.05, 3.63) is 18.2 Å². The Morgan fingerprint density at radius 1 is 1.55 bits per heavy atom. The number of imidazole rings is 1.